The Labute approximate surface area is 231 Å². The molecule has 6 rings (SSSR count). The highest BCUT2D eigenvalue weighted by molar-refractivity contribution is 8.20. The minimum Gasteiger partial charge on any atom is -0.261 e. The first-order valence-corrected chi connectivity index (χ1v) is 13.5. The summed E-state index contributed by atoms with van der Waals surface area (Å²) in [7, 11) is 0. The lowest BCUT2D eigenvalue weighted by Gasteiger charge is -2.14. The quantitative estimate of drug-likeness (QED) is 0.169. The van der Waals surface area contributed by atoms with E-state index in [2.05, 4.69) is 30.3 Å². The number of thioether (sulfide) groups is 1. The van der Waals surface area contributed by atoms with Gasteiger partial charge in [0.25, 0.3) is 5.24 Å². The first-order valence-electron chi connectivity index (χ1n) is 12.2. The average Bonchev–Trinajstić information content (AvgIpc) is 3.52. The van der Waals surface area contributed by atoms with Crippen molar-refractivity contribution >= 4 is 46.0 Å². The van der Waals surface area contributed by atoms with Gasteiger partial charge in [-0.25, -0.2) is 4.68 Å². The van der Waals surface area contributed by atoms with E-state index in [1.54, 1.807) is 4.90 Å². The van der Waals surface area contributed by atoms with E-state index >= 15 is 0 Å². The van der Waals surface area contributed by atoms with Crippen molar-refractivity contribution in [2.24, 2.45) is 0 Å². The molecule has 1 fully saturated rings. The summed E-state index contributed by atoms with van der Waals surface area (Å²) in [5.74, 6) is 0. The summed E-state index contributed by atoms with van der Waals surface area (Å²) < 4.78 is 1.98. The Morgan fingerprint density at radius 3 is 2.03 bits per heavy atom. The maximum Gasteiger partial charge on any atom is 0.296 e. The molecule has 1 aliphatic rings. The van der Waals surface area contributed by atoms with E-state index in [1.165, 1.54) is 11.8 Å². The van der Waals surface area contributed by atoms with Crippen molar-refractivity contribution in [3.63, 3.8) is 0 Å². The van der Waals surface area contributed by atoms with Gasteiger partial charge in [0.2, 0.25) is 0 Å². The number of hydrogen-bond donors (Lipinski definition) is 0. The zero-order valence-corrected chi connectivity index (χ0v) is 22.2. The molecule has 1 amide bonds. The molecule has 1 aliphatic heterocycles. The Kier molecular flexibility index (Phi) is 6.50. The second kappa shape index (κ2) is 10.2. The second-order valence-electron chi connectivity index (χ2n) is 9.00. The highest BCUT2D eigenvalue weighted by Crippen LogP contribution is 2.37. The van der Waals surface area contributed by atoms with Crippen LogP contribution in [0.25, 0.3) is 34.3 Å². The van der Waals surface area contributed by atoms with E-state index in [-0.39, 0.29) is 5.24 Å². The van der Waals surface area contributed by atoms with Crippen molar-refractivity contribution in [2.75, 3.05) is 4.90 Å². The molecule has 0 spiro atoms. The lowest BCUT2D eigenvalue weighted by atomic mass is 10.1. The monoisotopic (exact) mass is 529 g/mol. The number of aryl methyl sites for hydroxylation is 1. The molecule has 4 nitrogen and oxygen atoms in total. The van der Waals surface area contributed by atoms with Crippen LogP contribution in [0.3, 0.4) is 0 Å². The fraction of sp³-hybridized carbons (Fsp3) is 0.0312. The molecule has 2 heterocycles. The number of amides is 1. The van der Waals surface area contributed by atoms with Crippen LogP contribution in [0.5, 0.6) is 0 Å². The summed E-state index contributed by atoms with van der Waals surface area (Å²) in [6, 6.07) is 38.6. The van der Waals surface area contributed by atoms with Crippen LogP contribution in [0, 0.1) is 6.92 Å². The molecular weight excluding hydrogens is 507 g/mol. The van der Waals surface area contributed by atoms with Gasteiger partial charge >= 0.3 is 0 Å². The molecule has 0 N–H and O–H groups in total. The number of carbonyl (C=O) groups is 1. The summed E-state index contributed by atoms with van der Waals surface area (Å²) in [6.07, 6.45) is 1.97. The van der Waals surface area contributed by atoms with Crippen LogP contribution in [-0.2, 0) is 0 Å². The molecule has 0 radical (unpaired) electrons. The minimum absolute atomic E-state index is 0.0841. The predicted octanol–water partition coefficient (Wildman–Crippen LogP) is 8.56. The van der Waals surface area contributed by atoms with Crippen LogP contribution in [0.4, 0.5) is 10.5 Å². The van der Waals surface area contributed by atoms with Crippen LogP contribution in [-0.4, -0.2) is 20.0 Å². The van der Waals surface area contributed by atoms with Crippen molar-refractivity contribution < 1.29 is 4.79 Å². The summed E-state index contributed by atoms with van der Waals surface area (Å²) in [5.41, 5.74) is 7.94. The summed E-state index contributed by atoms with van der Waals surface area (Å²) in [6.45, 7) is 2.02. The predicted molar refractivity (Wildman–Crippen MR) is 162 cm³/mol. The van der Waals surface area contributed by atoms with Crippen molar-refractivity contribution in [1.82, 2.24) is 9.78 Å². The van der Waals surface area contributed by atoms with Gasteiger partial charge in [0.05, 0.1) is 27.7 Å². The number of hydrogen-bond acceptors (Lipinski definition) is 4. The van der Waals surface area contributed by atoms with Crippen molar-refractivity contribution in [2.45, 2.75) is 6.92 Å². The minimum atomic E-state index is -0.0841. The fourth-order valence-electron chi connectivity index (χ4n) is 4.39. The zero-order valence-electron chi connectivity index (χ0n) is 20.6. The topological polar surface area (TPSA) is 38.1 Å². The molecule has 38 heavy (non-hydrogen) atoms. The smallest absolute Gasteiger partial charge is 0.261 e. The Bertz CT molecular complexity index is 1660. The molecule has 4 aromatic carbocycles. The van der Waals surface area contributed by atoms with Gasteiger partial charge in [-0.3, -0.25) is 9.69 Å². The van der Waals surface area contributed by atoms with E-state index in [9.17, 15) is 4.79 Å². The van der Waals surface area contributed by atoms with Crippen LogP contribution in [0.2, 0.25) is 0 Å². The SMILES string of the molecule is Cc1ccc(N2C(=O)SC(=Cc3ccc(-n4nc(-c5ccccc5)cc4-c4ccccc4)cc3)C2=S)cc1. The van der Waals surface area contributed by atoms with E-state index in [4.69, 9.17) is 17.3 Å². The standard InChI is InChI=1S/C32H23N3OS2/c1-22-12-16-26(17-13-22)34-31(37)30(38-32(34)36)20-23-14-18-27(19-15-23)35-29(25-10-6-3-7-11-25)21-28(33-35)24-8-4-2-5-9-24/h2-21H,1H3. The molecule has 1 aromatic heterocycles. The molecule has 6 heteroatoms. The largest absolute Gasteiger partial charge is 0.296 e. The van der Waals surface area contributed by atoms with Crippen LogP contribution >= 0.6 is 24.0 Å². The fourth-order valence-corrected chi connectivity index (χ4v) is 5.67. The maximum absolute atomic E-state index is 12.8. The average molecular weight is 530 g/mol. The molecule has 5 aromatic rings. The second-order valence-corrected chi connectivity index (χ2v) is 10.4. The highest BCUT2D eigenvalue weighted by Gasteiger charge is 2.32. The lowest BCUT2D eigenvalue weighted by molar-refractivity contribution is 0.268. The van der Waals surface area contributed by atoms with Crippen LogP contribution in [0.15, 0.2) is 120 Å². The molecule has 0 aliphatic carbocycles. The first-order chi connectivity index (χ1) is 18.6. The molecule has 1 saturated heterocycles. The summed E-state index contributed by atoms with van der Waals surface area (Å²) in [5, 5.41) is 4.87. The third-order valence-corrected chi connectivity index (χ3v) is 7.79. The van der Waals surface area contributed by atoms with Crippen LogP contribution in [0.1, 0.15) is 11.1 Å². The number of rotatable bonds is 5. The first kappa shape index (κ1) is 24.1. The van der Waals surface area contributed by atoms with E-state index in [0.29, 0.717) is 4.99 Å². The molecule has 184 valence electrons. The van der Waals surface area contributed by atoms with Gasteiger partial charge in [-0.05, 0) is 60.7 Å². The van der Waals surface area contributed by atoms with Gasteiger partial charge in [-0.15, -0.1) is 0 Å². The number of nitrogens with zero attached hydrogens (tertiary/aromatic N) is 3. The zero-order chi connectivity index (χ0) is 26.1. The van der Waals surface area contributed by atoms with Crippen molar-refractivity contribution in [3.05, 3.63) is 131 Å². The summed E-state index contributed by atoms with van der Waals surface area (Å²) >= 11 is 6.84. The van der Waals surface area contributed by atoms with E-state index in [0.717, 1.165) is 49.9 Å². The Morgan fingerprint density at radius 1 is 0.763 bits per heavy atom. The van der Waals surface area contributed by atoms with Crippen LogP contribution < -0.4 is 4.90 Å². The molecule has 0 unspecified atom stereocenters. The van der Waals surface area contributed by atoms with Gasteiger partial charge in [-0.2, -0.15) is 5.10 Å². The van der Waals surface area contributed by atoms with E-state index < -0.39 is 0 Å². The van der Waals surface area contributed by atoms with Gasteiger partial charge in [0.1, 0.15) is 4.99 Å². The normalized spacial score (nSPS) is 14.4. The van der Waals surface area contributed by atoms with E-state index in [1.807, 2.05) is 103 Å². The third-order valence-electron chi connectivity index (χ3n) is 6.37. The van der Waals surface area contributed by atoms with Crippen molar-refractivity contribution in [3.8, 4) is 28.2 Å². The molecule has 0 bridgehead atoms. The lowest BCUT2D eigenvalue weighted by Crippen LogP contribution is -2.26. The number of thiocarbonyl (C=S) groups is 1. The Hall–Kier alpha value is -4.26. The molecular formula is C32H23N3OS2. The number of anilines is 1. The Balaban J connectivity index is 1.32. The maximum atomic E-state index is 12.8. The van der Waals surface area contributed by atoms with Gasteiger partial charge in [0.15, 0.2) is 0 Å². The number of aromatic nitrogens is 2. The van der Waals surface area contributed by atoms with Gasteiger partial charge in [0, 0.05) is 11.1 Å². The Morgan fingerprint density at radius 2 is 1.37 bits per heavy atom. The molecule has 0 atom stereocenters. The third kappa shape index (κ3) is 4.72. The summed E-state index contributed by atoms with van der Waals surface area (Å²) in [4.78, 5) is 15.6. The molecule has 0 saturated carbocycles. The van der Waals surface area contributed by atoms with Crippen molar-refractivity contribution in [1.29, 1.82) is 0 Å². The highest BCUT2D eigenvalue weighted by atomic mass is 32.2. The van der Waals surface area contributed by atoms with Gasteiger partial charge < -0.3 is 0 Å². The number of carbonyl (C=O) groups excluding carboxylic acids is 1. The van der Waals surface area contributed by atoms with Gasteiger partial charge in [-0.1, -0.05) is 103 Å². The number of benzene rings is 4.